The number of nitrogens with one attached hydrogen (secondary N) is 1. The molecule has 0 aliphatic carbocycles. The zero-order valence-electron chi connectivity index (χ0n) is 10.3. The van der Waals surface area contributed by atoms with Crippen LogP contribution in [0.4, 0.5) is 5.69 Å². The topological polar surface area (TPSA) is 130 Å². The average Bonchev–Trinajstić information content (AvgIpc) is 2.36. The Balaban J connectivity index is 2.77. The van der Waals surface area contributed by atoms with Crippen molar-refractivity contribution in [2.75, 3.05) is 5.73 Å². The Bertz CT molecular complexity index is 547. The van der Waals surface area contributed by atoms with Gasteiger partial charge in [0.1, 0.15) is 6.04 Å². The highest BCUT2D eigenvalue weighted by Crippen LogP contribution is 2.20. The lowest BCUT2D eigenvalue weighted by atomic mass is 10.1. The fourth-order valence-corrected chi connectivity index (χ4v) is 1.81. The first-order chi connectivity index (χ1) is 9.31. The predicted octanol–water partition coefficient (Wildman–Crippen LogP) is 1.08. The molecular formula is C12H13BrN2O5. The molecule has 5 N–H and O–H groups in total. The van der Waals surface area contributed by atoms with E-state index in [-0.39, 0.29) is 18.4 Å². The van der Waals surface area contributed by atoms with Gasteiger partial charge in [0.05, 0.1) is 0 Å². The molecular weight excluding hydrogens is 332 g/mol. The SMILES string of the molecule is Nc1ccc(C(=O)N[C@@H](CCC(=O)O)C(=O)O)cc1Br. The normalized spacial score (nSPS) is 11.7. The molecule has 108 valence electrons. The lowest BCUT2D eigenvalue weighted by molar-refractivity contribution is -0.140. The third-order valence-electron chi connectivity index (χ3n) is 2.51. The highest BCUT2D eigenvalue weighted by molar-refractivity contribution is 9.10. The second-order valence-corrected chi connectivity index (χ2v) is 4.89. The number of halogens is 1. The average molecular weight is 345 g/mol. The molecule has 0 heterocycles. The van der Waals surface area contributed by atoms with Gasteiger partial charge in [-0.1, -0.05) is 0 Å². The van der Waals surface area contributed by atoms with Gasteiger partial charge in [0.2, 0.25) is 0 Å². The van der Waals surface area contributed by atoms with E-state index < -0.39 is 23.9 Å². The summed E-state index contributed by atoms with van der Waals surface area (Å²) < 4.78 is 0.516. The van der Waals surface area contributed by atoms with Crippen LogP contribution in [0.2, 0.25) is 0 Å². The third-order valence-corrected chi connectivity index (χ3v) is 3.20. The zero-order chi connectivity index (χ0) is 15.3. The van der Waals surface area contributed by atoms with E-state index in [0.29, 0.717) is 10.2 Å². The molecule has 20 heavy (non-hydrogen) atoms. The number of amides is 1. The van der Waals surface area contributed by atoms with Crippen LogP contribution >= 0.6 is 15.9 Å². The molecule has 1 aromatic rings. The smallest absolute Gasteiger partial charge is 0.326 e. The molecule has 1 rings (SSSR count). The van der Waals surface area contributed by atoms with Crippen LogP contribution in [0.15, 0.2) is 22.7 Å². The maximum Gasteiger partial charge on any atom is 0.326 e. The van der Waals surface area contributed by atoms with Gasteiger partial charge in [-0.2, -0.15) is 0 Å². The second kappa shape index (κ2) is 6.90. The Morgan fingerprint density at radius 1 is 1.30 bits per heavy atom. The van der Waals surface area contributed by atoms with E-state index in [0.717, 1.165) is 0 Å². The van der Waals surface area contributed by atoms with E-state index in [9.17, 15) is 14.4 Å². The Labute approximate surface area is 122 Å². The molecule has 0 saturated carbocycles. The molecule has 1 aromatic carbocycles. The minimum Gasteiger partial charge on any atom is -0.481 e. The molecule has 0 unspecified atom stereocenters. The quantitative estimate of drug-likeness (QED) is 0.571. The maximum absolute atomic E-state index is 11.9. The summed E-state index contributed by atoms with van der Waals surface area (Å²) in [6.45, 7) is 0. The van der Waals surface area contributed by atoms with Crippen molar-refractivity contribution in [3.05, 3.63) is 28.2 Å². The number of anilines is 1. The van der Waals surface area contributed by atoms with Gasteiger partial charge in [-0.3, -0.25) is 9.59 Å². The molecule has 0 fully saturated rings. The molecule has 1 amide bonds. The van der Waals surface area contributed by atoms with E-state index in [4.69, 9.17) is 15.9 Å². The monoisotopic (exact) mass is 344 g/mol. The van der Waals surface area contributed by atoms with E-state index in [1.54, 1.807) is 0 Å². The van der Waals surface area contributed by atoms with Gasteiger partial charge in [0, 0.05) is 22.1 Å². The molecule has 0 radical (unpaired) electrons. The Kier molecular flexibility index (Phi) is 5.51. The van der Waals surface area contributed by atoms with Crippen LogP contribution in [-0.4, -0.2) is 34.1 Å². The number of carbonyl (C=O) groups is 3. The number of benzene rings is 1. The van der Waals surface area contributed by atoms with Gasteiger partial charge < -0.3 is 21.3 Å². The molecule has 0 saturated heterocycles. The van der Waals surface area contributed by atoms with Crippen LogP contribution < -0.4 is 11.1 Å². The van der Waals surface area contributed by atoms with Gasteiger partial charge >= 0.3 is 11.9 Å². The zero-order valence-corrected chi connectivity index (χ0v) is 11.9. The Morgan fingerprint density at radius 2 is 1.95 bits per heavy atom. The van der Waals surface area contributed by atoms with Crippen molar-refractivity contribution < 1.29 is 24.6 Å². The van der Waals surface area contributed by atoms with Gasteiger partial charge in [0.15, 0.2) is 0 Å². The first-order valence-corrected chi connectivity index (χ1v) is 6.41. The first-order valence-electron chi connectivity index (χ1n) is 5.61. The van der Waals surface area contributed by atoms with Crippen molar-refractivity contribution >= 4 is 39.5 Å². The second-order valence-electron chi connectivity index (χ2n) is 4.03. The summed E-state index contributed by atoms with van der Waals surface area (Å²) in [5.41, 5.74) is 6.26. The maximum atomic E-state index is 11.9. The minimum absolute atomic E-state index is 0.188. The molecule has 0 aliphatic heterocycles. The molecule has 0 aliphatic rings. The molecule has 0 spiro atoms. The summed E-state index contributed by atoms with van der Waals surface area (Å²) in [7, 11) is 0. The molecule has 8 heteroatoms. The fraction of sp³-hybridized carbons (Fsp3) is 0.250. The van der Waals surface area contributed by atoms with Gasteiger partial charge in [-0.15, -0.1) is 0 Å². The number of nitrogens with two attached hydrogens (primary N) is 1. The largest absolute Gasteiger partial charge is 0.481 e. The molecule has 0 bridgehead atoms. The summed E-state index contributed by atoms with van der Waals surface area (Å²) in [5.74, 6) is -3.02. The summed E-state index contributed by atoms with van der Waals surface area (Å²) in [5, 5.41) is 19.8. The van der Waals surface area contributed by atoms with E-state index in [1.165, 1.54) is 18.2 Å². The Hall–Kier alpha value is -2.09. The number of hydrogen-bond donors (Lipinski definition) is 4. The van der Waals surface area contributed by atoms with Crippen LogP contribution in [0.25, 0.3) is 0 Å². The number of aliphatic carboxylic acids is 2. The van der Waals surface area contributed by atoms with E-state index in [2.05, 4.69) is 21.2 Å². The van der Waals surface area contributed by atoms with Crippen LogP contribution in [0.3, 0.4) is 0 Å². The van der Waals surface area contributed by atoms with Crippen molar-refractivity contribution in [2.45, 2.75) is 18.9 Å². The lowest BCUT2D eigenvalue weighted by Gasteiger charge is -2.13. The number of rotatable bonds is 6. The van der Waals surface area contributed by atoms with Gasteiger partial charge in [-0.25, -0.2) is 4.79 Å². The van der Waals surface area contributed by atoms with Crippen LogP contribution in [0, 0.1) is 0 Å². The van der Waals surface area contributed by atoms with E-state index in [1.807, 2.05) is 0 Å². The van der Waals surface area contributed by atoms with Crippen molar-refractivity contribution in [3.63, 3.8) is 0 Å². The van der Waals surface area contributed by atoms with Crippen molar-refractivity contribution in [3.8, 4) is 0 Å². The summed E-state index contributed by atoms with van der Waals surface area (Å²) in [6, 6.07) is 3.16. The third kappa shape index (κ3) is 4.54. The van der Waals surface area contributed by atoms with Gasteiger partial charge in [0.25, 0.3) is 5.91 Å². The summed E-state index contributed by atoms with van der Waals surface area (Å²) in [4.78, 5) is 33.3. The van der Waals surface area contributed by atoms with Crippen LogP contribution in [-0.2, 0) is 9.59 Å². The highest BCUT2D eigenvalue weighted by atomic mass is 79.9. The summed E-state index contributed by atoms with van der Waals surface area (Å²) in [6.07, 6.45) is -0.533. The van der Waals surface area contributed by atoms with Crippen LogP contribution in [0.5, 0.6) is 0 Å². The number of carbonyl (C=O) groups excluding carboxylic acids is 1. The fourth-order valence-electron chi connectivity index (χ4n) is 1.44. The Morgan fingerprint density at radius 3 is 2.45 bits per heavy atom. The predicted molar refractivity (Wildman–Crippen MR) is 74.3 cm³/mol. The van der Waals surface area contributed by atoms with Crippen molar-refractivity contribution in [1.82, 2.24) is 5.32 Å². The number of carboxylic acids is 2. The lowest BCUT2D eigenvalue weighted by Crippen LogP contribution is -2.41. The number of carboxylic acid groups (broad SMARTS) is 2. The molecule has 1 atom stereocenters. The number of nitrogen functional groups attached to an aromatic ring is 1. The van der Waals surface area contributed by atoms with Gasteiger partial charge in [-0.05, 0) is 40.5 Å². The number of hydrogen-bond acceptors (Lipinski definition) is 4. The minimum atomic E-state index is -1.28. The molecule has 0 aromatic heterocycles. The standard InChI is InChI=1S/C12H13BrN2O5/c13-7-5-6(1-2-8(7)14)11(18)15-9(12(19)20)3-4-10(16)17/h1-2,5,9H,3-4,14H2,(H,15,18)(H,16,17)(H,19,20)/t9-/m0/s1. The molecule has 7 nitrogen and oxygen atoms in total. The van der Waals surface area contributed by atoms with Crippen LogP contribution in [0.1, 0.15) is 23.2 Å². The highest BCUT2D eigenvalue weighted by Gasteiger charge is 2.21. The van der Waals surface area contributed by atoms with Crippen molar-refractivity contribution in [2.24, 2.45) is 0 Å². The first kappa shape index (κ1) is 16.0. The van der Waals surface area contributed by atoms with E-state index >= 15 is 0 Å². The van der Waals surface area contributed by atoms with Crippen molar-refractivity contribution in [1.29, 1.82) is 0 Å². The summed E-state index contributed by atoms with van der Waals surface area (Å²) >= 11 is 3.16.